The van der Waals surface area contributed by atoms with Crippen LogP contribution in [0.1, 0.15) is 15.2 Å². The van der Waals surface area contributed by atoms with Crippen LogP contribution in [-0.4, -0.2) is 14.3 Å². The van der Waals surface area contributed by atoms with Crippen molar-refractivity contribution in [2.24, 2.45) is 0 Å². The molecule has 6 nitrogen and oxygen atoms in total. The van der Waals surface area contributed by atoms with E-state index < -0.39 is 15.9 Å². The van der Waals surface area contributed by atoms with E-state index in [4.69, 9.17) is 5.26 Å². The summed E-state index contributed by atoms with van der Waals surface area (Å²) in [6.45, 7) is 0. The van der Waals surface area contributed by atoms with E-state index >= 15 is 0 Å². The number of rotatable bonds is 4. The molecule has 0 spiro atoms. The molecule has 2 aromatic rings. The van der Waals surface area contributed by atoms with E-state index in [1.165, 1.54) is 35.6 Å². The van der Waals surface area contributed by atoms with Gasteiger partial charge < -0.3 is 0 Å². The summed E-state index contributed by atoms with van der Waals surface area (Å²) < 4.78 is 24.8. The largest absolute Gasteiger partial charge is 0.276 e. The summed E-state index contributed by atoms with van der Waals surface area (Å²) in [5, 5.41) is 8.76. The van der Waals surface area contributed by atoms with E-state index in [9.17, 15) is 13.2 Å². The van der Waals surface area contributed by atoms with Gasteiger partial charge in [-0.3, -0.25) is 10.2 Å². The van der Waals surface area contributed by atoms with Crippen LogP contribution >= 0.6 is 27.3 Å². The number of amides is 1. The topological polar surface area (TPSA) is 99.1 Å². The highest BCUT2D eigenvalue weighted by Gasteiger charge is 2.16. The summed E-state index contributed by atoms with van der Waals surface area (Å²) in [6, 6.07) is 10.6. The Balaban J connectivity index is 2.11. The third-order valence-electron chi connectivity index (χ3n) is 2.37. The predicted molar refractivity (Wildman–Crippen MR) is 81.0 cm³/mol. The Labute approximate surface area is 133 Å². The molecule has 0 aliphatic rings. The summed E-state index contributed by atoms with van der Waals surface area (Å²) in [5.74, 6) is -0.564. The van der Waals surface area contributed by atoms with Gasteiger partial charge in [0, 0.05) is 0 Å². The number of benzene rings is 1. The summed E-state index contributed by atoms with van der Waals surface area (Å²) >= 11 is 4.39. The Hall–Kier alpha value is -1.73. The first-order chi connectivity index (χ1) is 9.92. The molecule has 0 aliphatic heterocycles. The van der Waals surface area contributed by atoms with E-state index in [1.807, 2.05) is 10.9 Å². The highest BCUT2D eigenvalue weighted by molar-refractivity contribution is 9.11. The van der Waals surface area contributed by atoms with Gasteiger partial charge in [0.05, 0.1) is 25.2 Å². The van der Waals surface area contributed by atoms with Gasteiger partial charge in [-0.05, 0) is 46.3 Å². The first-order valence-corrected chi connectivity index (χ1v) is 8.59. The second kappa shape index (κ2) is 6.36. The maximum Gasteiger partial charge on any atom is 0.276 e. The molecule has 21 heavy (non-hydrogen) atoms. The summed E-state index contributed by atoms with van der Waals surface area (Å²) in [4.78, 5) is 14.0. The van der Waals surface area contributed by atoms with Crippen LogP contribution in [0.25, 0.3) is 0 Å². The molecular weight excluding hydrogens is 378 g/mol. The highest BCUT2D eigenvalue weighted by Crippen LogP contribution is 2.21. The van der Waals surface area contributed by atoms with Crippen molar-refractivity contribution >= 4 is 43.2 Å². The van der Waals surface area contributed by atoms with Crippen molar-refractivity contribution in [2.75, 3.05) is 0 Å². The van der Waals surface area contributed by atoms with Crippen molar-refractivity contribution in [1.82, 2.24) is 10.3 Å². The lowest BCUT2D eigenvalue weighted by Crippen LogP contribution is -2.41. The molecule has 0 aliphatic carbocycles. The lowest BCUT2D eigenvalue weighted by atomic mass is 10.2. The number of thiophene rings is 1. The van der Waals surface area contributed by atoms with E-state index in [0.29, 0.717) is 4.88 Å². The smallest absolute Gasteiger partial charge is 0.273 e. The van der Waals surface area contributed by atoms with Gasteiger partial charge in [-0.25, -0.2) is 8.42 Å². The fourth-order valence-corrected chi connectivity index (χ4v) is 3.57. The maximum atomic E-state index is 12.0. The molecule has 1 amide bonds. The van der Waals surface area contributed by atoms with Crippen LogP contribution in [0.15, 0.2) is 45.1 Å². The first-order valence-electron chi connectivity index (χ1n) is 5.50. The number of hydrogen-bond donors (Lipinski definition) is 2. The second-order valence-corrected chi connectivity index (χ2v) is 7.95. The van der Waals surface area contributed by atoms with Gasteiger partial charge in [-0.15, -0.1) is 16.2 Å². The first kappa shape index (κ1) is 15.7. The molecule has 1 heterocycles. The molecule has 0 fully saturated rings. The molecule has 9 heteroatoms. The standard InChI is InChI=1S/C12H8BrN3O3S2/c13-11-5-4-10(20-11)12(17)15-16-21(18,19)9-3-1-2-8(6-9)7-14/h1-6,16H,(H,15,17). The molecule has 2 rings (SSSR count). The number of hydrazine groups is 1. The van der Waals surface area contributed by atoms with Gasteiger partial charge >= 0.3 is 0 Å². The number of nitrogens with one attached hydrogen (secondary N) is 2. The fraction of sp³-hybridized carbons (Fsp3) is 0. The van der Waals surface area contributed by atoms with Crippen LogP contribution in [-0.2, 0) is 10.0 Å². The fourth-order valence-electron chi connectivity index (χ4n) is 1.40. The Kier molecular flexibility index (Phi) is 4.74. The Morgan fingerprint density at radius 1 is 1.29 bits per heavy atom. The lowest BCUT2D eigenvalue weighted by molar-refractivity contribution is 0.0949. The van der Waals surface area contributed by atoms with E-state index in [0.717, 1.165) is 3.79 Å². The van der Waals surface area contributed by atoms with Crippen molar-refractivity contribution in [2.45, 2.75) is 4.90 Å². The molecule has 108 valence electrons. The van der Waals surface area contributed by atoms with Crippen molar-refractivity contribution in [1.29, 1.82) is 5.26 Å². The molecule has 1 aromatic carbocycles. The molecule has 0 saturated carbocycles. The zero-order chi connectivity index (χ0) is 15.5. The van der Waals surface area contributed by atoms with Crippen LogP contribution in [0.4, 0.5) is 0 Å². The number of nitriles is 1. The molecular formula is C12H8BrN3O3S2. The second-order valence-electron chi connectivity index (χ2n) is 3.80. The van der Waals surface area contributed by atoms with Gasteiger partial charge in [0.25, 0.3) is 15.9 Å². The van der Waals surface area contributed by atoms with Crippen molar-refractivity contribution < 1.29 is 13.2 Å². The lowest BCUT2D eigenvalue weighted by Gasteiger charge is -2.07. The number of sulfonamides is 1. The molecule has 0 bridgehead atoms. The number of carbonyl (C=O) groups excluding carboxylic acids is 1. The predicted octanol–water partition coefficient (Wildman–Crippen LogP) is 2.01. The zero-order valence-corrected chi connectivity index (χ0v) is 13.5. The SMILES string of the molecule is N#Cc1cccc(S(=O)(=O)NNC(=O)c2ccc(Br)s2)c1. The van der Waals surface area contributed by atoms with Gasteiger partial charge in [-0.1, -0.05) is 6.07 Å². The minimum atomic E-state index is -3.93. The van der Waals surface area contributed by atoms with Crippen molar-refractivity contribution in [3.05, 3.63) is 50.6 Å². The minimum absolute atomic E-state index is 0.103. The van der Waals surface area contributed by atoms with Gasteiger partial charge in [0.2, 0.25) is 0 Å². The van der Waals surface area contributed by atoms with E-state index in [-0.39, 0.29) is 10.5 Å². The van der Waals surface area contributed by atoms with Crippen LogP contribution in [0.3, 0.4) is 0 Å². The number of hydrogen-bond acceptors (Lipinski definition) is 5. The average molecular weight is 386 g/mol. The Bertz CT molecular complexity index is 824. The molecule has 0 atom stereocenters. The van der Waals surface area contributed by atoms with Gasteiger partial charge in [-0.2, -0.15) is 5.26 Å². The van der Waals surface area contributed by atoms with Crippen LogP contribution < -0.4 is 10.3 Å². The molecule has 0 saturated heterocycles. The molecule has 0 radical (unpaired) electrons. The molecule has 1 aromatic heterocycles. The summed E-state index contributed by atoms with van der Waals surface area (Å²) in [5.41, 5.74) is 2.33. The number of nitrogens with zero attached hydrogens (tertiary/aromatic N) is 1. The maximum absolute atomic E-state index is 12.0. The number of halogens is 1. The van der Waals surface area contributed by atoms with Gasteiger partial charge in [0.15, 0.2) is 0 Å². The minimum Gasteiger partial charge on any atom is -0.273 e. The van der Waals surface area contributed by atoms with Crippen molar-refractivity contribution in [3.63, 3.8) is 0 Å². The summed E-state index contributed by atoms with van der Waals surface area (Å²) in [7, 11) is -3.93. The molecule has 2 N–H and O–H groups in total. The quantitative estimate of drug-likeness (QED) is 0.786. The van der Waals surface area contributed by atoms with Crippen LogP contribution in [0.2, 0.25) is 0 Å². The summed E-state index contributed by atoms with van der Waals surface area (Å²) in [6.07, 6.45) is 0. The monoisotopic (exact) mass is 385 g/mol. The normalized spacial score (nSPS) is 10.9. The van der Waals surface area contributed by atoms with Crippen molar-refractivity contribution in [3.8, 4) is 6.07 Å². The third kappa shape index (κ3) is 3.89. The van der Waals surface area contributed by atoms with Crippen LogP contribution in [0, 0.1) is 11.3 Å². The Morgan fingerprint density at radius 2 is 2.05 bits per heavy atom. The average Bonchev–Trinajstić information content (AvgIpc) is 2.91. The third-order valence-corrected chi connectivity index (χ3v) is 5.24. The zero-order valence-electron chi connectivity index (χ0n) is 10.3. The van der Waals surface area contributed by atoms with Gasteiger partial charge in [0.1, 0.15) is 0 Å². The highest BCUT2D eigenvalue weighted by atomic mass is 79.9. The van der Waals surface area contributed by atoms with E-state index in [2.05, 4.69) is 21.4 Å². The number of carbonyl (C=O) groups is 1. The Morgan fingerprint density at radius 3 is 2.67 bits per heavy atom. The van der Waals surface area contributed by atoms with E-state index in [1.54, 1.807) is 12.1 Å². The van der Waals surface area contributed by atoms with Crippen LogP contribution in [0.5, 0.6) is 0 Å². The molecule has 0 unspecified atom stereocenters.